The van der Waals surface area contributed by atoms with E-state index in [1.165, 1.54) is 0 Å². The van der Waals surface area contributed by atoms with E-state index in [1.807, 2.05) is 55.5 Å². The van der Waals surface area contributed by atoms with Crippen molar-refractivity contribution in [3.63, 3.8) is 0 Å². The van der Waals surface area contributed by atoms with Crippen molar-refractivity contribution in [3.8, 4) is 5.75 Å². The Morgan fingerprint density at radius 2 is 1.78 bits per heavy atom. The molecule has 5 rings (SSSR count). The Labute approximate surface area is 190 Å². The molecule has 0 fully saturated rings. The molecule has 7 heteroatoms. The van der Waals surface area contributed by atoms with Crippen LogP contribution in [0.4, 0.5) is 11.6 Å². The third kappa shape index (κ3) is 3.48. The number of hydrogen-bond acceptors (Lipinski definition) is 4. The van der Waals surface area contributed by atoms with Crippen LogP contribution in [0.3, 0.4) is 0 Å². The molecule has 2 heterocycles. The zero-order valence-electron chi connectivity index (χ0n) is 17.6. The largest absolute Gasteiger partial charge is 0.497 e. The molecule has 0 aliphatic carbocycles. The fourth-order valence-corrected chi connectivity index (χ4v) is 4.22. The Kier molecular flexibility index (Phi) is 5.07. The number of carbonyl (C=O) groups is 1. The number of ether oxygens (including phenoxy) is 1. The van der Waals surface area contributed by atoms with E-state index in [0.717, 1.165) is 28.0 Å². The molecule has 0 radical (unpaired) electrons. The van der Waals surface area contributed by atoms with Gasteiger partial charge in [-0.05, 0) is 61.0 Å². The number of aromatic nitrogens is 2. The number of benzene rings is 3. The Balaban J connectivity index is 1.64. The highest BCUT2D eigenvalue weighted by Crippen LogP contribution is 2.39. The molecule has 160 valence electrons. The lowest BCUT2D eigenvalue weighted by molar-refractivity contribution is -0.113. The number of methoxy groups -OCH3 is 1. The highest BCUT2D eigenvalue weighted by molar-refractivity contribution is 6.30. The lowest BCUT2D eigenvalue weighted by Crippen LogP contribution is -2.30. The summed E-state index contributed by atoms with van der Waals surface area (Å²) < 4.78 is 7.40. The summed E-state index contributed by atoms with van der Waals surface area (Å²) in [6, 6.07) is 22.4. The van der Waals surface area contributed by atoms with Crippen LogP contribution in [0.2, 0.25) is 5.02 Å². The van der Waals surface area contributed by atoms with Crippen LogP contribution in [-0.4, -0.2) is 22.6 Å². The smallest absolute Gasteiger partial charge is 0.255 e. The fourth-order valence-electron chi connectivity index (χ4n) is 4.09. The quantitative estimate of drug-likeness (QED) is 0.428. The number of hydrogen-bond donors (Lipinski definition) is 2. The number of nitrogens with zero attached hydrogens (tertiary/aromatic N) is 2. The molecule has 1 aromatic heterocycles. The monoisotopic (exact) mass is 444 g/mol. The van der Waals surface area contributed by atoms with E-state index in [4.69, 9.17) is 21.3 Å². The Morgan fingerprint density at radius 3 is 2.50 bits per heavy atom. The summed E-state index contributed by atoms with van der Waals surface area (Å²) in [5, 5.41) is 6.95. The van der Waals surface area contributed by atoms with Crippen molar-refractivity contribution in [3.05, 3.63) is 94.7 Å². The number of rotatable bonds is 4. The molecule has 2 N–H and O–H groups in total. The van der Waals surface area contributed by atoms with Crippen LogP contribution in [0.25, 0.3) is 11.0 Å². The second-order valence-corrected chi connectivity index (χ2v) is 8.03. The van der Waals surface area contributed by atoms with E-state index in [-0.39, 0.29) is 11.9 Å². The van der Waals surface area contributed by atoms with Crippen LogP contribution in [0.15, 0.2) is 84.1 Å². The number of imidazole rings is 1. The van der Waals surface area contributed by atoms with Gasteiger partial charge in [0, 0.05) is 16.4 Å². The van der Waals surface area contributed by atoms with Crippen molar-refractivity contribution in [1.82, 2.24) is 9.55 Å². The number of carbonyl (C=O) groups excluding carboxylic acids is 1. The van der Waals surface area contributed by atoms with E-state index in [2.05, 4.69) is 15.2 Å². The van der Waals surface area contributed by atoms with Gasteiger partial charge >= 0.3 is 0 Å². The fraction of sp³-hybridized carbons (Fsp3) is 0.120. The zero-order chi connectivity index (χ0) is 22.2. The summed E-state index contributed by atoms with van der Waals surface area (Å²) in [7, 11) is 1.63. The molecule has 6 nitrogen and oxygen atoms in total. The predicted molar refractivity (Wildman–Crippen MR) is 127 cm³/mol. The Hall–Kier alpha value is -3.77. The van der Waals surface area contributed by atoms with Crippen LogP contribution < -0.4 is 15.4 Å². The Bertz CT molecular complexity index is 1340. The van der Waals surface area contributed by atoms with E-state index in [1.54, 1.807) is 31.4 Å². The van der Waals surface area contributed by atoms with E-state index < -0.39 is 0 Å². The molecule has 3 aromatic carbocycles. The van der Waals surface area contributed by atoms with Gasteiger partial charge in [0.15, 0.2) is 0 Å². The molecule has 1 aliphatic rings. The number of fused-ring (bicyclic) bond motifs is 3. The van der Waals surface area contributed by atoms with Crippen molar-refractivity contribution < 1.29 is 9.53 Å². The van der Waals surface area contributed by atoms with Gasteiger partial charge in [0.2, 0.25) is 5.95 Å². The topological polar surface area (TPSA) is 68.2 Å². The second kappa shape index (κ2) is 8.05. The molecule has 1 unspecified atom stereocenters. The third-order valence-electron chi connectivity index (χ3n) is 5.61. The van der Waals surface area contributed by atoms with Crippen molar-refractivity contribution in [2.75, 3.05) is 17.7 Å². The minimum absolute atomic E-state index is 0.193. The number of amides is 1. The van der Waals surface area contributed by atoms with Crippen LogP contribution in [-0.2, 0) is 4.79 Å². The highest BCUT2D eigenvalue weighted by atomic mass is 35.5. The number of nitrogens with one attached hydrogen (secondary N) is 2. The minimum Gasteiger partial charge on any atom is -0.497 e. The average Bonchev–Trinajstić information content (AvgIpc) is 3.17. The van der Waals surface area contributed by atoms with E-state index in [9.17, 15) is 4.79 Å². The molecule has 1 atom stereocenters. The first-order valence-electron chi connectivity index (χ1n) is 10.2. The molecule has 0 bridgehead atoms. The van der Waals surface area contributed by atoms with Crippen molar-refractivity contribution >= 4 is 40.2 Å². The molecule has 1 aliphatic heterocycles. The Morgan fingerprint density at radius 1 is 1.06 bits per heavy atom. The van der Waals surface area contributed by atoms with Gasteiger partial charge in [-0.25, -0.2) is 4.98 Å². The first-order valence-corrected chi connectivity index (χ1v) is 10.6. The first-order chi connectivity index (χ1) is 15.5. The summed E-state index contributed by atoms with van der Waals surface area (Å²) >= 11 is 5.99. The summed E-state index contributed by atoms with van der Waals surface area (Å²) in [5.74, 6) is 1.26. The maximum Gasteiger partial charge on any atom is 0.255 e. The maximum atomic E-state index is 13.5. The van der Waals surface area contributed by atoms with Gasteiger partial charge in [-0.1, -0.05) is 35.9 Å². The van der Waals surface area contributed by atoms with Gasteiger partial charge < -0.3 is 15.4 Å². The van der Waals surface area contributed by atoms with Gasteiger partial charge in [0.05, 0.1) is 29.8 Å². The molecule has 0 saturated carbocycles. The standard InChI is InChI=1S/C25H21ClN4O2/c1-15-22(24(31)28-18-11-9-17(26)10-12-18)23(16-7-13-19(32-2)14-8-16)30-21-6-4-3-5-20(21)29-25(30)27-15/h3-14,23H,1-2H3,(H,27,29)(H,28,31). The lowest BCUT2D eigenvalue weighted by Gasteiger charge is -2.30. The van der Waals surface area contributed by atoms with Gasteiger partial charge in [-0.3, -0.25) is 9.36 Å². The number of para-hydroxylation sites is 2. The number of allylic oxidation sites excluding steroid dienone is 1. The molecule has 32 heavy (non-hydrogen) atoms. The molecule has 0 saturated heterocycles. The van der Waals surface area contributed by atoms with Crippen LogP contribution in [0, 0.1) is 0 Å². The third-order valence-corrected chi connectivity index (χ3v) is 5.86. The predicted octanol–water partition coefficient (Wildman–Crippen LogP) is 5.63. The number of anilines is 2. The lowest BCUT2D eigenvalue weighted by atomic mass is 9.94. The van der Waals surface area contributed by atoms with Gasteiger partial charge in [-0.2, -0.15) is 0 Å². The van der Waals surface area contributed by atoms with E-state index in [0.29, 0.717) is 22.2 Å². The summed E-state index contributed by atoms with van der Waals surface area (Å²) in [6.07, 6.45) is 0. The van der Waals surface area contributed by atoms with Crippen LogP contribution in [0.1, 0.15) is 18.5 Å². The molecular formula is C25H21ClN4O2. The van der Waals surface area contributed by atoms with Crippen LogP contribution in [0.5, 0.6) is 5.75 Å². The summed E-state index contributed by atoms with van der Waals surface area (Å²) in [5.41, 5.74) is 4.80. The van der Waals surface area contributed by atoms with Gasteiger partial charge in [0.25, 0.3) is 5.91 Å². The zero-order valence-corrected chi connectivity index (χ0v) is 18.4. The second-order valence-electron chi connectivity index (χ2n) is 7.59. The van der Waals surface area contributed by atoms with Gasteiger partial charge in [0.1, 0.15) is 5.75 Å². The minimum atomic E-state index is -0.364. The maximum absolute atomic E-state index is 13.5. The SMILES string of the molecule is COc1ccc(C2C(C(=O)Nc3ccc(Cl)cc3)=C(C)Nc3nc4ccccc4n32)cc1. The normalized spacial score (nSPS) is 15.3. The van der Waals surface area contributed by atoms with Crippen molar-refractivity contribution in [1.29, 1.82) is 0 Å². The molecular weight excluding hydrogens is 424 g/mol. The van der Waals surface area contributed by atoms with Gasteiger partial charge in [-0.15, -0.1) is 0 Å². The molecule has 4 aromatic rings. The van der Waals surface area contributed by atoms with Crippen molar-refractivity contribution in [2.24, 2.45) is 0 Å². The number of halogens is 1. The first kappa shape index (κ1) is 20.2. The highest BCUT2D eigenvalue weighted by Gasteiger charge is 2.34. The average molecular weight is 445 g/mol. The molecule has 0 spiro atoms. The van der Waals surface area contributed by atoms with E-state index >= 15 is 0 Å². The van der Waals surface area contributed by atoms with Crippen LogP contribution >= 0.6 is 11.6 Å². The van der Waals surface area contributed by atoms with Crippen molar-refractivity contribution in [2.45, 2.75) is 13.0 Å². The summed E-state index contributed by atoms with van der Waals surface area (Å²) in [6.45, 7) is 1.90. The summed E-state index contributed by atoms with van der Waals surface area (Å²) in [4.78, 5) is 18.3. The molecule has 1 amide bonds.